The van der Waals surface area contributed by atoms with Gasteiger partial charge in [-0.05, 0) is 53.9 Å². The first-order chi connectivity index (χ1) is 15.1. The second-order valence-corrected chi connectivity index (χ2v) is 7.28. The quantitative estimate of drug-likeness (QED) is 0.663. The number of methoxy groups -OCH3 is 2. The zero-order valence-electron chi connectivity index (χ0n) is 17.6. The van der Waals surface area contributed by atoms with E-state index in [1.807, 2.05) is 42.5 Å². The summed E-state index contributed by atoms with van der Waals surface area (Å²) < 4.78 is 10.6. The summed E-state index contributed by atoms with van der Waals surface area (Å²) in [6.45, 7) is 0.892. The highest BCUT2D eigenvalue weighted by atomic mass is 16.5. The molecule has 3 aromatic carbocycles. The van der Waals surface area contributed by atoms with Crippen LogP contribution in [-0.2, 0) is 13.0 Å². The molecule has 4 rings (SSSR count). The van der Waals surface area contributed by atoms with Gasteiger partial charge in [-0.15, -0.1) is 0 Å². The van der Waals surface area contributed by atoms with Gasteiger partial charge >= 0.3 is 0 Å². The van der Waals surface area contributed by atoms with Crippen molar-refractivity contribution in [2.45, 2.75) is 13.0 Å². The maximum absolute atomic E-state index is 13.0. The van der Waals surface area contributed by atoms with Crippen molar-refractivity contribution in [3.63, 3.8) is 0 Å². The van der Waals surface area contributed by atoms with Crippen molar-refractivity contribution in [1.82, 2.24) is 5.32 Å². The maximum atomic E-state index is 13.0. The molecule has 0 atom stereocenters. The Morgan fingerprint density at radius 3 is 2.32 bits per heavy atom. The van der Waals surface area contributed by atoms with E-state index in [0.29, 0.717) is 42.1 Å². The zero-order valence-corrected chi connectivity index (χ0v) is 17.6. The zero-order chi connectivity index (χ0) is 21.8. The minimum atomic E-state index is -0.173. The van der Waals surface area contributed by atoms with Gasteiger partial charge in [-0.3, -0.25) is 9.59 Å². The number of carbonyl (C=O) groups excluding carboxylic acids is 2. The van der Waals surface area contributed by atoms with Crippen LogP contribution in [0.25, 0.3) is 0 Å². The van der Waals surface area contributed by atoms with Gasteiger partial charge in [0.15, 0.2) is 0 Å². The molecule has 0 aliphatic carbocycles. The smallest absolute Gasteiger partial charge is 0.258 e. The Morgan fingerprint density at radius 1 is 0.935 bits per heavy atom. The highest BCUT2D eigenvalue weighted by Crippen LogP contribution is 2.32. The molecule has 31 heavy (non-hydrogen) atoms. The number of rotatable bonds is 6. The summed E-state index contributed by atoms with van der Waals surface area (Å²) >= 11 is 0. The van der Waals surface area contributed by atoms with E-state index >= 15 is 0 Å². The van der Waals surface area contributed by atoms with Crippen LogP contribution in [0, 0.1) is 0 Å². The largest absolute Gasteiger partial charge is 0.497 e. The molecule has 6 nitrogen and oxygen atoms in total. The highest BCUT2D eigenvalue weighted by molar-refractivity contribution is 6.08. The van der Waals surface area contributed by atoms with Crippen LogP contribution in [0.15, 0.2) is 66.7 Å². The number of nitrogens with zero attached hydrogens (tertiary/aromatic N) is 1. The average molecular weight is 416 g/mol. The number of hydrogen-bond donors (Lipinski definition) is 1. The topological polar surface area (TPSA) is 67.9 Å². The van der Waals surface area contributed by atoms with Gasteiger partial charge in [-0.25, -0.2) is 0 Å². The number of benzene rings is 3. The van der Waals surface area contributed by atoms with Gasteiger partial charge in [0, 0.05) is 36.0 Å². The van der Waals surface area contributed by atoms with Gasteiger partial charge < -0.3 is 19.7 Å². The number of amides is 2. The summed E-state index contributed by atoms with van der Waals surface area (Å²) in [6.07, 6.45) is 0.643. The first-order valence-corrected chi connectivity index (χ1v) is 10.1. The fourth-order valence-electron chi connectivity index (χ4n) is 3.84. The Kier molecular flexibility index (Phi) is 5.89. The summed E-state index contributed by atoms with van der Waals surface area (Å²) in [5.41, 5.74) is 3.79. The number of nitrogens with one attached hydrogen (secondary N) is 1. The third-order valence-corrected chi connectivity index (χ3v) is 5.40. The van der Waals surface area contributed by atoms with E-state index in [1.165, 1.54) is 0 Å². The molecule has 0 fully saturated rings. The van der Waals surface area contributed by atoms with Crippen LogP contribution in [0.1, 0.15) is 31.8 Å². The van der Waals surface area contributed by atoms with E-state index in [4.69, 9.17) is 9.47 Å². The van der Waals surface area contributed by atoms with E-state index in [1.54, 1.807) is 43.4 Å². The van der Waals surface area contributed by atoms with E-state index in [0.717, 1.165) is 16.8 Å². The first kappa shape index (κ1) is 20.5. The van der Waals surface area contributed by atoms with Crippen LogP contribution in [0.4, 0.5) is 5.69 Å². The molecule has 1 aliphatic heterocycles. The predicted octanol–water partition coefficient (Wildman–Crippen LogP) is 3.84. The van der Waals surface area contributed by atoms with Crippen LogP contribution < -0.4 is 19.7 Å². The molecule has 2 amide bonds. The van der Waals surface area contributed by atoms with Crippen molar-refractivity contribution in [2.24, 2.45) is 0 Å². The maximum Gasteiger partial charge on any atom is 0.258 e. The van der Waals surface area contributed by atoms with Crippen molar-refractivity contribution in [3.8, 4) is 11.5 Å². The van der Waals surface area contributed by atoms with Gasteiger partial charge in [0.2, 0.25) is 0 Å². The Hall–Kier alpha value is -3.80. The minimum absolute atomic E-state index is 0.0552. The standard InChI is InChI=1S/C25H24N2O4/c1-30-19-13-17(14-20(15-19)31-2)16-26-24(28)22-9-6-10-23-21(22)11-12-27(23)25(29)18-7-4-3-5-8-18/h3-10,13-15H,11-12,16H2,1-2H3,(H,26,28). The molecule has 0 unspecified atom stereocenters. The second kappa shape index (κ2) is 8.92. The summed E-state index contributed by atoms with van der Waals surface area (Å²) in [6, 6.07) is 20.2. The lowest BCUT2D eigenvalue weighted by atomic mass is 10.0. The molecule has 0 bridgehead atoms. The van der Waals surface area contributed by atoms with Crippen LogP contribution in [0.2, 0.25) is 0 Å². The fraction of sp³-hybridized carbons (Fsp3) is 0.200. The van der Waals surface area contributed by atoms with E-state index in [9.17, 15) is 9.59 Å². The third kappa shape index (κ3) is 4.23. The predicted molar refractivity (Wildman–Crippen MR) is 119 cm³/mol. The molecule has 0 spiro atoms. The summed E-state index contributed by atoms with van der Waals surface area (Å²) in [5, 5.41) is 2.97. The molecular weight excluding hydrogens is 392 g/mol. The molecular formula is C25H24N2O4. The lowest BCUT2D eigenvalue weighted by Crippen LogP contribution is -2.28. The van der Waals surface area contributed by atoms with Crippen molar-refractivity contribution in [2.75, 3.05) is 25.7 Å². The van der Waals surface area contributed by atoms with Crippen LogP contribution in [0.5, 0.6) is 11.5 Å². The summed E-state index contributed by atoms with van der Waals surface area (Å²) in [4.78, 5) is 27.6. The van der Waals surface area contributed by atoms with Crippen LogP contribution in [0.3, 0.4) is 0 Å². The van der Waals surface area contributed by atoms with Gasteiger partial charge in [0.1, 0.15) is 11.5 Å². The Labute approximate surface area is 181 Å². The van der Waals surface area contributed by atoms with E-state index in [2.05, 4.69) is 5.32 Å². The van der Waals surface area contributed by atoms with Crippen molar-refractivity contribution in [1.29, 1.82) is 0 Å². The van der Waals surface area contributed by atoms with Crippen molar-refractivity contribution >= 4 is 17.5 Å². The molecule has 1 heterocycles. The Balaban J connectivity index is 1.52. The molecule has 0 saturated carbocycles. The Morgan fingerprint density at radius 2 is 1.65 bits per heavy atom. The number of carbonyl (C=O) groups is 2. The normalized spacial score (nSPS) is 12.3. The summed E-state index contributed by atoms with van der Waals surface area (Å²) in [5.74, 6) is 1.10. The SMILES string of the molecule is COc1cc(CNC(=O)c2cccc3c2CCN3C(=O)c2ccccc2)cc(OC)c1. The first-order valence-electron chi connectivity index (χ1n) is 10.1. The molecule has 0 saturated heterocycles. The molecule has 6 heteroatoms. The third-order valence-electron chi connectivity index (χ3n) is 5.40. The highest BCUT2D eigenvalue weighted by Gasteiger charge is 2.28. The van der Waals surface area contributed by atoms with E-state index in [-0.39, 0.29) is 11.8 Å². The number of ether oxygens (including phenoxy) is 2. The van der Waals surface area contributed by atoms with E-state index < -0.39 is 0 Å². The van der Waals surface area contributed by atoms with Gasteiger partial charge in [0.25, 0.3) is 11.8 Å². The number of fused-ring (bicyclic) bond motifs is 1. The van der Waals surface area contributed by atoms with Gasteiger partial charge in [-0.1, -0.05) is 24.3 Å². The van der Waals surface area contributed by atoms with Crippen molar-refractivity contribution in [3.05, 3.63) is 89.0 Å². The molecule has 1 aliphatic rings. The van der Waals surface area contributed by atoms with Crippen molar-refractivity contribution < 1.29 is 19.1 Å². The number of anilines is 1. The second-order valence-electron chi connectivity index (χ2n) is 7.28. The molecule has 0 aromatic heterocycles. The lowest BCUT2D eigenvalue weighted by Gasteiger charge is -2.18. The van der Waals surface area contributed by atoms with Crippen LogP contribution in [-0.4, -0.2) is 32.6 Å². The Bertz CT molecular complexity index is 1090. The molecule has 3 aromatic rings. The van der Waals surface area contributed by atoms with Gasteiger partial charge in [-0.2, -0.15) is 0 Å². The number of hydrogen-bond acceptors (Lipinski definition) is 4. The molecule has 1 N–H and O–H groups in total. The molecule has 158 valence electrons. The summed E-state index contributed by atoms with van der Waals surface area (Å²) in [7, 11) is 3.18. The average Bonchev–Trinajstić information content (AvgIpc) is 3.26. The monoisotopic (exact) mass is 416 g/mol. The van der Waals surface area contributed by atoms with Crippen LogP contribution >= 0.6 is 0 Å². The minimum Gasteiger partial charge on any atom is -0.497 e. The van der Waals surface area contributed by atoms with Gasteiger partial charge in [0.05, 0.1) is 14.2 Å². The lowest BCUT2D eigenvalue weighted by molar-refractivity contribution is 0.0948. The molecule has 0 radical (unpaired) electrons. The fourth-order valence-corrected chi connectivity index (χ4v) is 3.84.